The molecule has 0 amide bonds. The van der Waals surface area contributed by atoms with Gasteiger partial charge in [-0.1, -0.05) is 13.3 Å². The van der Waals surface area contributed by atoms with Crippen LogP contribution in [-0.4, -0.2) is 28.8 Å². The second kappa shape index (κ2) is 7.33. The average Bonchev–Trinajstić information content (AvgIpc) is 2.62. The summed E-state index contributed by atoms with van der Waals surface area (Å²) in [5.74, 6) is 0.961. The summed E-state index contributed by atoms with van der Waals surface area (Å²) in [5.41, 5.74) is 1.06. The van der Waals surface area contributed by atoms with Gasteiger partial charge in [-0.25, -0.2) is 4.98 Å². The molecule has 0 radical (unpaired) electrons. The molecule has 4 nitrogen and oxygen atoms in total. The van der Waals surface area contributed by atoms with Crippen LogP contribution < -0.4 is 5.32 Å². The summed E-state index contributed by atoms with van der Waals surface area (Å²) in [6, 6.07) is 0. The summed E-state index contributed by atoms with van der Waals surface area (Å²) in [5, 5.41) is 3.33. The van der Waals surface area contributed by atoms with E-state index in [-0.39, 0.29) is 0 Å². The Labute approximate surface area is 104 Å². The molecular weight excluding hydrogens is 214 g/mol. The first-order valence-corrected chi connectivity index (χ1v) is 6.52. The highest BCUT2D eigenvalue weighted by Crippen LogP contribution is 2.09. The minimum Gasteiger partial charge on any atom is -0.377 e. The maximum Gasteiger partial charge on any atom is 0.203 e. The fourth-order valence-corrected chi connectivity index (χ4v) is 1.64. The van der Waals surface area contributed by atoms with Gasteiger partial charge in [0.15, 0.2) is 0 Å². The highest BCUT2D eigenvalue weighted by molar-refractivity contribution is 5.28. The molecule has 0 bridgehead atoms. The summed E-state index contributed by atoms with van der Waals surface area (Å²) in [4.78, 5) is 4.48. The fourth-order valence-electron chi connectivity index (χ4n) is 1.64. The van der Waals surface area contributed by atoms with Crippen molar-refractivity contribution in [2.45, 2.75) is 53.2 Å². The van der Waals surface area contributed by atoms with Crippen molar-refractivity contribution in [3.63, 3.8) is 0 Å². The average molecular weight is 239 g/mol. The second-order valence-corrected chi connectivity index (χ2v) is 4.60. The van der Waals surface area contributed by atoms with Crippen LogP contribution in [0.5, 0.6) is 0 Å². The lowest BCUT2D eigenvalue weighted by atomic mass is 10.3. The minimum absolute atomic E-state index is 0.290. The Morgan fingerprint density at radius 1 is 1.47 bits per heavy atom. The molecule has 0 atom stereocenters. The van der Waals surface area contributed by atoms with E-state index in [2.05, 4.69) is 28.0 Å². The van der Waals surface area contributed by atoms with Crippen molar-refractivity contribution in [3.8, 4) is 0 Å². The normalized spacial score (nSPS) is 11.1. The molecule has 0 spiro atoms. The largest absolute Gasteiger partial charge is 0.377 e. The lowest BCUT2D eigenvalue weighted by Gasteiger charge is -2.10. The van der Waals surface area contributed by atoms with Crippen LogP contribution in [0.15, 0.2) is 6.20 Å². The van der Waals surface area contributed by atoms with Crippen molar-refractivity contribution in [3.05, 3.63) is 11.9 Å². The molecule has 1 heterocycles. The van der Waals surface area contributed by atoms with Crippen LogP contribution in [0.3, 0.4) is 0 Å². The van der Waals surface area contributed by atoms with Crippen LogP contribution in [0.4, 0.5) is 5.95 Å². The van der Waals surface area contributed by atoms with E-state index < -0.39 is 0 Å². The molecule has 0 aliphatic carbocycles. The Morgan fingerprint density at radius 2 is 2.24 bits per heavy atom. The number of nitrogens with zero attached hydrogens (tertiary/aromatic N) is 2. The van der Waals surface area contributed by atoms with Crippen molar-refractivity contribution >= 4 is 5.95 Å². The fraction of sp³-hybridized carbons (Fsp3) is 0.769. The minimum atomic E-state index is 0.290. The molecule has 0 unspecified atom stereocenters. The summed E-state index contributed by atoms with van der Waals surface area (Å²) in [6.45, 7) is 10.9. The molecule has 0 aromatic carbocycles. The Hall–Kier alpha value is -1.03. The monoisotopic (exact) mass is 239 g/mol. The van der Waals surface area contributed by atoms with Gasteiger partial charge < -0.3 is 14.6 Å². The Balaban J connectivity index is 2.40. The van der Waals surface area contributed by atoms with E-state index >= 15 is 0 Å². The predicted octanol–water partition coefficient (Wildman–Crippen LogP) is 2.83. The van der Waals surface area contributed by atoms with Gasteiger partial charge in [0.2, 0.25) is 5.95 Å². The zero-order chi connectivity index (χ0) is 12.7. The quantitative estimate of drug-likeness (QED) is 0.709. The van der Waals surface area contributed by atoms with Gasteiger partial charge in [0.25, 0.3) is 0 Å². The lowest BCUT2D eigenvalue weighted by Crippen LogP contribution is -2.15. The third kappa shape index (κ3) is 5.22. The molecule has 0 saturated carbocycles. The smallest absolute Gasteiger partial charge is 0.203 e. The first-order valence-electron chi connectivity index (χ1n) is 6.52. The number of aryl methyl sites for hydroxylation is 2. The molecular formula is C13H25N3O. The number of anilines is 1. The Kier molecular flexibility index (Phi) is 6.05. The molecule has 0 fully saturated rings. The molecule has 17 heavy (non-hydrogen) atoms. The first-order chi connectivity index (χ1) is 8.13. The summed E-state index contributed by atoms with van der Waals surface area (Å²) >= 11 is 0. The number of unbranched alkanes of at least 4 members (excludes halogenated alkanes) is 1. The van der Waals surface area contributed by atoms with E-state index in [0.29, 0.717) is 6.10 Å². The van der Waals surface area contributed by atoms with Crippen molar-refractivity contribution < 1.29 is 4.74 Å². The molecule has 0 saturated heterocycles. The van der Waals surface area contributed by atoms with Gasteiger partial charge in [0.05, 0.1) is 18.4 Å². The van der Waals surface area contributed by atoms with Crippen LogP contribution >= 0.6 is 0 Å². The maximum absolute atomic E-state index is 5.49. The Bertz CT molecular complexity index is 320. The van der Waals surface area contributed by atoms with Gasteiger partial charge >= 0.3 is 0 Å². The van der Waals surface area contributed by atoms with E-state index in [1.807, 2.05) is 20.8 Å². The number of nitrogens with one attached hydrogen (secondary N) is 1. The summed E-state index contributed by atoms with van der Waals surface area (Å²) in [6.07, 6.45) is 4.78. The number of ether oxygens (including phenoxy) is 1. The first kappa shape index (κ1) is 14.0. The molecule has 1 aromatic rings. The SMILES string of the molecule is CCCCn1cc(C)nc1NCCOC(C)C. The predicted molar refractivity (Wildman–Crippen MR) is 71.4 cm³/mol. The van der Waals surface area contributed by atoms with Crippen LogP contribution in [0.2, 0.25) is 0 Å². The van der Waals surface area contributed by atoms with E-state index in [1.54, 1.807) is 0 Å². The third-order valence-electron chi connectivity index (χ3n) is 2.49. The van der Waals surface area contributed by atoms with Gasteiger partial charge in [0.1, 0.15) is 0 Å². The van der Waals surface area contributed by atoms with Gasteiger partial charge in [-0.3, -0.25) is 0 Å². The maximum atomic E-state index is 5.49. The molecule has 1 aromatic heterocycles. The summed E-state index contributed by atoms with van der Waals surface area (Å²) < 4.78 is 7.68. The van der Waals surface area contributed by atoms with Gasteiger partial charge in [-0.15, -0.1) is 0 Å². The van der Waals surface area contributed by atoms with Crippen molar-refractivity contribution in [1.29, 1.82) is 0 Å². The standard InChI is InChI=1S/C13H25N3O/c1-5-6-8-16-10-12(4)15-13(16)14-7-9-17-11(2)3/h10-11H,5-9H2,1-4H3,(H,14,15). The van der Waals surface area contributed by atoms with Crippen LogP contribution in [-0.2, 0) is 11.3 Å². The summed E-state index contributed by atoms with van der Waals surface area (Å²) in [7, 11) is 0. The van der Waals surface area contributed by atoms with Crippen LogP contribution in [0, 0.1) is 6.92 Å². The second-order valence-electron chi connectivity index (χ2n) is 4.60. The van der Waals surface area contributed by atoms with E-state index in [0.717, 1.165) is 31.3 Å². The topological polar surface area (TPSA) is 39.1 Å². The number of rotatable bonds is 8. The van der Waals surface area contributed by atoms with Crippen LogP contribution in [0.25, 0.3) is 0 Å². The number of hydrogen-bond acceptors (Lipinski definition) is 3. The molecule has 1 rings (SSSR count). The highest BCUT2D eigenvalue weighted by atomic mass is 16.5. The van der Waals surface area contributed by atoms with Crippen molar-refractivity contribution in [2.24, 2.45) is 0 Å². The van der Waals surface area contributed by atoms with Gasteiger partial charge in [-0.2, -0.15) is 0 Å². The van der Waals surface area contributed by atoms with Gasteiger partial charge in [0, 0.05) is 19.3 Å². The number of imidazole rings is 1. The molecule has 0 aliphatic heterocycles. The molecule has 0 aliphatic rings. The molecule has 98 valence electrons. The van der Waals surface area contributed by atoms with E-state index in [1.165, 1.54) is 12.8 Å². The van der Waals surface area contributed by atoms with E-state index in [4.69, 9.17) is 4.74 Å². The zero-order valence-electron chi connectivity index (χ0n) is 11.5. The van der Waals surface area contributed by atoms with Crippen molar-refractivity contribution in [2.75, 3.05) is 18.5 Å². The van der Waals surface area contributed by atoms with Crippen LogP contribution in [0.1, 0.15) is 39.3 Å². The van der Waals surface area contributed by atoms with E-state index in [9.17, 15) is 0 Å². The Morgan fingerprint density at radius 3 is 2.88 bits per heavy atom. The number of aromatic nitrogens is 2. The van der Waals surface area contributed by atoms with Gasteiger partial charge in [-0.05, 0) is 27.2 Å². The number of hydrogen-bond donors (Lipinski definition) is 1. The van der Waals surface area contributed by atoms with Crippen molar-refractivity contribution in [1.82, 2.24) is 9.55 Å². The zero-order valence-corrected chi connectivity index (χ0v) is 11.5. The lowest BCUT2D eigenvalue weighted by molar-refractivity contribution is 0.0869. The molecule has 1 N–H and O–H groups in total. The molecule has 4 heteroatoms. The highest BCUT2D eigenvalue weighted by Gasteiger charge is 2.04. The third-order valence-corrected chi connectivity index (χ3v) is 2.49.